The Bertz CT molecular complexity index is 832. The Morgan fingerprint density at radius 1 is 1.15 bits per heavy atom. The van der Waals surface area contributed by atoms with Crippen LogP contribution in [-0.2, 0) is 10.4 Å². The van der Waals surface area contributed by atoms with Crippen molar-refractivity contribution < 1.29 is 19.4 Å². The number of Topliss-reactive ketones (excluding diaryl/α,β-unsaturated/α-hetero) is 1. The normalized spacial score (nSPS) is 18.7. The van der Waals surface area contributed by atoms with Gasteiger partial charge in [-0.05, 0) is 24.6 Å². The Morgan fingerprint density at radius 2 is 1.85 bits per heavy atom. The third-order valence-electron chi connectivity index (χ3n) is 4.80. The van der Waals surface area contributed by atoms with Gasteiger partial charge >= 0.3 is 0 Å². The molecule has 136 valence electrons. The molecule has 0 spiro atoms. The van der Waals surface area contributed by atoms with Crippen LogP contribution < -0.4 is 9.64 Å². The smallest absolute Gasteiger partial charge is 0.264 e. The number of benzene rings is 2. The number of para-hydroxylation sites is 2. The monoisotopic (exact) mass is 353 g/mol. The molecular weight excluding hydrogens is 330 g/mol. The van der Waals surface area contributed by atoms with E-state index < -0.39 is 11.5 Å². The number of unbranched alkanes of at least 4 members (excludes halogenated alkanes) is 1. The van der Waals surface area contributed by atoms with Gasteiger partial charge in [0.1, 0.15) is 5.75 Å². The molecule has 0 fully saturated rings. The van der Waals surface area contributed by atoms with Crippen LogP contribution in [0, 0.1) is 0 Å². The number of methoxy groups -OCH3 is 1. The number of ether oxygens (including phenoxy) is 1. The van der Waals surface area contributed by atoms with Gasteiger partial charge in [0.2, 0.25) is 0 Å². The van der Waals surface area contributed by atoms with Gasteiger partial charge in [0.05, 0.1) is 24.8 Å². The number of rotatable bonds is 7. The number of carbonyl (C=O) groups excluding carboxylic acids is 2. The first-order valence-corrected chi connectivity index (χ1v) is 8.83. The predicted molar refractivity (Wildman–Crippen MR) is 99.5 cm³/mol. The fourth-order valence-electron chi connectivity index (χ4n) is 3.42. The Labute approximate surface area is 153 Å². The third kappa shape index (κ3) is 2.99. The van der Waals surface area contributed by atoms with Crippen molar-refractivity contribution in [1.82, 2.24) is 0 Å². The maximum Gasteiger partial charge on any atom is 0.264 e. The van der Waals surface area contributed by atoms with E-state index in [1.807, 2.05) is 19.1 Å². The molecule has 0 unspecified atom stereocenters. The Balaban J connectivity index is 1.96. The van der Waals surface area contributed by atoms with Crippen molar-refractivity contribution in [1.29, 1.82) is 0 Å². The molecule has 0 saturated carbocycles. The zero-order valence-electron chi connectivity index (χ0n) is 15.1. The van der Waals surface area contributed by atoms with Gasteiger partial charge in [-0.25, -0.2) is 0 Å². The zero-order chi connectivity index (χ0) is 18.7. The zero-order valence-corrected chi connectivity index (χ0v) is 15.1. The van der Waals surface area contributed by atoms with Gasteiger partial charge in [0.25, 0.3) is 5.91 Å². The summed E-state index contributed by atoms with van der Waals surface area (Å²) >= 11 is 0. The number of aliphatic hydroxyl groups is 1. The summed E-state index contributed by atoms with van der Waals surface area (Å²) in [4.78, 5) is 27.4. The lowest BCUT2D eigenvalue weighted by molar-refractivity contribution is -0.135. The van der Waals surface area contributed by atoms with Crippen molar-refractivity contribution in [3.05, 3.63) is 59.7 Å². The molecule has 1 aliphatic rings. The maximum absolute atomic E-state index is 13.0. The Hall–Kier alpha value is -2.66. The average molecular weight is 353 g/mol. The van der Waals surface area contributed by atoms with E-state index >= 15 is 0 Å². The highest BCUT2D eigenvalue weighted by atomic mass is 16.5. The molecule has 5 nitrogen and oxygen atoms in total. The number of ketones is 1. The van der Waals surface area contributed by atoms with E-state index in [0.29, 0.717) is 29.1 Å². The quantitative estimate of drug-likeness (QED) is 0.776. The van der Waals surface area contributed by atoms with Gasteiger partial charge in [-0.2, -0.15) is 0 Å². The Morgan fingerprint density at radius 3 is 2.58 bits per heavy atom. The first-order chi connectivity index (χ1) is 12.5. The third-order valence-corrected chi connectivity index (χ3v) is 4.80. The molecule has 1 atom stereocenters. The number of carbonyl (C=O) groups is 2. The van der Waals surface area contributed by atoms with Crippen molar-refractivity contribution in [3.63, 3.8) is 0 Å². The summed E-state index contributed by atoms with van der Waals surface area (Å²) in [6.07, 6.45) is 1.45. The van der Waals surface area contributed by atoms with Crippen molar-refractivity contribution in [2.24, 2.45) is 0 Å². The topological polar surface area (TPSA) is 66.8 Å². The van der Waals surface area contributed by atoms with E-state index in [-0.39, 0.29) is 12.2 Å². The molecule has 5 heteroatoms. The lowest BCUT2D eigenvalue weighted by Gasteiger charge is -2.23. The fourth-order valence-corrected chi connectivity index (χ4v) is 3.42. The summed E-state index contributed by atoms with van der Waals surface area (Å²) in [5.41, 5.74) is -0.311. The van der Waals surface area contributed by atoms with E-state index in [4.69, 9.17) is 4.74 Å². The number of amides is 1. The molecule has 0 aromatic heterocycles. The van der Waals surface area contributed by atoms with Crippen molar-refractivity contribution in [3.8, 4) is 5.75 Å². The van der Waals surface area contributed by atoms with Crippen LogP contribution in [-0.4, -0.2) is 30.5 Å². The van der Waals surface area contributed by atoms with Gasteiger partial charge in [0.15, 0.2) is 11.4 Å². The second-order valence-corrected chi connectivity index (χ2v) is 6.49. The molecule has 0 bridgehead atoms. The average Bonchev–Trinajstić information content (AvgIpc) is 2.87. The van der Waals surface area contributed by atoms with Crippen LogP contribution in [0.25, 0.3) is 0 Å². The molecule has 0 aliphatic carbocycles. The number of nitrogens with zero attached hydrogens (tertiary/aromatic N) is 1. The van der Waals surface area contributed by atoms with E-state index in [0.717, 1.165) is 12.8 Å². The number of fused-ring (bicyclic) bond motifs is 1. The summed E-state index contributed by atoms with van der Waals surface area (Å²) < 4.78 is 5.24. The van der Waals surface area contributed by atoms with E-state index in [1.165, 1.54) is 7.11 Å². The molecule has 1 N–H and O–H groups in total. The number of hydrogen-bond acceptors (Lipinski definition) is 4. The van der Waals surface area contributed by atoms with E-state index in [1.54, 1.807) is 41.3 Å². The van der Waals surface area contributed by atoms with E-state index in [2.05, 4.69) is 0 Å². The van der Waals surface area contributed by atoms with Gasteiger partial charge in [-0.15, -0.1) is 0 Å². The number of hydrogen-bond donors (Lipinski definition) is 1. The summed E-state index contributed by atoms with van der Waals surface area (Å²) in [6, 6.07) is 14.0. The molecule has 3 rings (SSSR count). The summed E-state index contributed by atoms with van der Waals surface area (Å²) in [6.45, 7) is 2.57. The lowest BCUT2D eigenvalue weighted by atomic mass is 9.88. The largest absolute Gasteiger partial charge is 0.496 e. The summed E-state index contributed by atoms with van der Waals surface area (Å²) in [5.74, 6) is -0.330. The predicted octanol–water partition coefficient (Wildman–Crippen LogP) is 3.30. The molecule has 1 amide bonds. The SMILES string of the molecule is CCCCN1C(=O)[C@@](O)(CC(=O)c2ccccc2OC)c2ccccc21. The molecule has 26 heavy (non-hydrogen) atoms. The molecule has 0 saturated heterocycles. The van der Waals surface area contributed by atoms with Crippen molar-refractivity contribution >= 4 is 17.4 Å². The molecule has 1 aliphatic heterocycles. The highest BCUT2D eigenvalue weighted by molar-refractivity contribution is 6.11. The van der Waals surface area contributed by atoms with Crippen molar-refractivity contribution in [2.45, 2.75) is 31.8 Å². The van der Waals surface area contributed by atoms with Gasteiger partial charge < -0.3 is 14.7 Å². The molecule has 2 aromatic rings. The number of anilines is 1. The van der Waals surface area contributed by atoms with Gasteiger partial charge in [-0.3, -0.25) is 9.59 Å². The molecule has 0 radical (unpaired) electrons. The van der Waals surface area contributed by atoms with E-state index in [9.17, 15) is 14.7 Å². The first kappa shape index (κ1) is 18.1. The summed E-state index contributed by atoms with van der Waals surface area (Å²) in [5, 5.41) is 11.2. The molecule has 2 aromatic carbocycles. The fraction of sp³-hybridized carbons (Fsp3) is 0.333. The maximum atomic E-state index is 13.0. The second-order valence-electron chi connectivity index (χ2n) is 6.49. The second kappa shape index (κ2) is 7.30. The van der Waals surface area contributed by atoms with Crippen molar-refractivity contribution in [2.75, 3.05) is 18.6 Å². The van der Waals surface area contributed by atoms with Crippen LogP contribution in [0.15, 0.2) is 48.5 Å². The highest BCUT2D eigenvalue weighted by Gasteiger charge is 2.50. The highest BCUT2D eigenvalue weighted by Crippen LogP contribution is 2.43. The lowest BCUT2D eigenvalue weighted by Crippen LogP contribution is -2.42. The minimum absolute atomic E-state index is 0.314. The summed E-state index contributed by atoms with van der Waals surface area (Å²) in [7, 11) is 1.49. The minimum Gasteiger partial charge on any atom is -0.496 e. The van der Waals surface area contributed by atoms with Crippen LogP contribution in [0.3, 0.4) is 0 Å². The molecular formula is C21H23NO4. The van der Waals surface area contributed by atoms with Gasteiger partial charge in [0, 0.05) is 12.1 Å². The minimum atomic E-state index is -1.84. The van der Waals surface area contributed by atoms with Crippen LogP contribution in [0.5, 0.6) is 5.75 Å². The van der Waals surface area contributed by atoms with Crippen LogP contribution in [0.2, 0.25) is 0 Å². The first-order valence-electron chi connectivity index (χ1n) is 8.83. The molecule has 1 heterocycles. The van der Waals surface area contributed by atoms with Crippen LogP contribution in [0.4, 0.5) is 5.69 Å². The van der Waals surface area contributed by atoms with Gasteiger partial charge in [-0.1, -0.05) is 43.7 Å². The Kier molecular flexibility index (Phi) is 5.09. The standard InChI is InChI=1S/C21H23NO4/c1-3-4-13-22-17-11-7-6-10-16(17)21(25,20(22)24)14-18(23)15-9-5-8-12-19(15)26-2/h5-12,25H,3-4,13-14H2,1-2H3/t21-/m1/s1. The van der Waals surface area contributed by atoms with Crippen LogP contribution >= 0.6 is 0 Å². The van der Waals surface area contributed by atoms with Crippen LogP contribution in [0.1, 0.15) is 42.1 Å².